The van der Waals surface area contributed by atoms with Crippen LogP contribution in [0.4, 0.5) is 0 Å². The molecule has 1 saturated heterocycles. The first kappa shape index (κ1) is 15.8. The number of likely N-dealkylation sites (tertiary alicyclic amines) is 1. The lowest BCUT2D eigenvalue weighted by molar-refractivity contribution is 0.265. The summed E-state index contributed by atoms with van der Waals surface area (Å²) >= 11 is 0. The third kappa shape index (κ3) is 3.93. The summed E-state index contributed by atoms with van der Waals surface area (Å²) in [6, 6.07) is 1.02. The highest BCUT2D eigenvalue weighted by Gasteiger charge is 2.31. The average Bonchev–Trinajstić information content (AvgIpc) is 3.01. The predicted octanol–water partition coefficient (Wildman–Crippen LogP) is 0.209. The SMILES string of the molecule is CN=C(NCc1nncn1C)NC1CN(C(C)C)CC1C. The minimum atomic E-state index is 0.429. The first-order valence-corrected chi connectivity index (χ1v) is 7.55. The normalized spacial score (nSPS) is 23.8. The first-order chi connectivity index (χ1) is 10.0. The maximum atomic E-state index is 4.30. The van der Waals surface area contributed by atoms with E-state index in [0.29, 0.717) is 24.5 Å². The molecule has 1 aliphatic rings. The van der Waals surface area contributed by atoms with Crippen LogP contribution in [0.5, 0.6) is 0 Å². The molecule has 1 aromatic heterocycles. The van der Waals surface area contributed by atoms with Gasteiger partial charge in [-0.15, -0.1) is 10.2 Å². The van der Waals surface area contributed by atoms with Crippen molar-refractivity contribution in [2.45, 2.75) is 39.4 Å². The third-order valence-electron chi connectivity index (χ3n) is 4.14. The van der Waals surface area contributed by atoms with Gasteiger partial charge in [0, 0.05) is 39.3 Å². The number of hydrogen-bond acceptors (Lipinski definition) is 4. The Balaban J connectivity index is 1.87. The van der Waals surface area contributed by atoms with Crippen molar-refractivity contribution in [3.63, 3.8) is 0 Å². The summed E-state index contributed by atoms with van der Waals surface area (Å²) < 4.78 is 1.90. The second kappa shape index (κ2) is 6.89. The van der Waals surface area contributed by atoms with E-state index >= 15 is 0 Å². The van der Waals surface area contributed by atoms with E-state index in [4.69, 9.17) is 0 Å². The Morgan fingerprint density at radius 1 is 1.48 bits per heavy atom. The van der Waals surface area contributed by atoms with Crippen molar-refractivity contribution < 1.29 is 0 Å². The van der Waals surface area contributed by atoms with Gasteiger partial charge >= 0.3 is 0 Å². The van der Waals surface area contributed by atoms with Crippen LogP contribution in [0.15, 0.2) is 11.3 Å². The van der Waals surface area contributed by atoms with Crippen molar-refractivity contribution in [3.8, 4) is 0 Å². The van der Waals surface area contributed by atoms with Crippen LogP contribution in [0.25, 0.3) is 0 Å². The number of aromatic nitrogens is 3. The zero-order chi connectivity index (χ0) is 15.4. The first-order valence-electron chi connectivity index (χ1n) is 7.55. The molecule has 2 heterocycles. The topological polar surface area (TPSA) is 70.4 Å². The molecule has 0 aliphatic carbocycles. The van der Waals surface area contributed by atoms with Gasteiger partial charge in [-0.2, -0.15) is 0 Å². The van der Waals surface area contributed by atoms with E-state index in [2.05, 4.69) is 51.5 Å². The molecule has 0 bridgehead atoms. The van der Waals surface area contributed by atoms with E-state index in [1.165, 1.54) is 0 Å². The number of aliphatic imine (C=N–C) groups is 1. The summed E-state index contributed by atoms with van der Waals surface area (Å²) in [4.78, 5) is 6.80. The van der Waals surface area contributed by atoms with Crippen LogP contribution in [-0.4, -0.2) is 57.8 Å². The molecule has 1 aliphatic heterocycles. The molecule has 7 nitrogen and oxygen atoms in total. The molecule has 2 unspecified atom stereocenters. The van der Waals surface area contributed by atoms with Crippen molar-refractivity contribution >= 4 is 5.96 Å². The minimum Gasteiger partial charge on any atom is -0.352 e. The van der Waals surface area contributed by atoms with E-state index in [9.17, 15) is 0 Å². The Morgan fingerprint density at radius 2 is 2.24 bits per heavy atom. The van der Waals surface area contributed by atoms with E-state index in [1.807, 2.05) is 11.6 Å². The summed E-state index contributed by atoms with van der Waals surface area (Å²) in [5.41, 5.74) is 0. The van der Waals surface area contributed by atoms with Crippen LogP contribution < -0.4 is 10.6 Å². The van der Waals surface area contributed by atoms with Crippen LogP contribution in [-0.2, 0) is 13.6 Å². The van der Waals surface area contributed by atoms with Crippen molar-refractivity contribution in [1.29, 1.82) is 0 Å². The van der Waals surface area contributed by atoms with E-state index in [-0.39, 0.29) is 0 Å². The molecule has 0 saturated carbocycles. The molecule has 118 valence electrons. The molecular formula is C14H27N7. The average molecular weight is 293 g/mol. The molecule has 2 atom stereocenters. The van der Waals surface area contributed by atoms with Gasteiger partial charge in [0.25, 0.3) is 0 Å². The molecule has 0 aromatic carbocycles. The predicted molar refractivity (Wildman–Crippen MR) is 84.0 cm³/mol. The van der Waals surface area contributed by atoms with Gasteiger partial charge in [0.1, 0.15) is 6.33 Å². The Kier molecular flexibility index (Phi) is 5.17. The Bertz CT molecular complexity index is 479. The number of aryl methyl sites for hydroxylation is 1. The van der Waals surface area contributed by atoms with Crippen molar-refractivity contribution in [2.24, 2.45) is 18.0 Å². The van der Waals surface area contributed by atoms with E-state index in [1.54, 1.807) is 13.4 Å². The highest BCUT2D eigenvalue weighted by Crippen LogP contribution is 2.18. The Hall–Kier alpha value is -1.63. The van der Waals surface area contributed by atoms with Gasteiger partial charge in [-0.05, 0) is 19.8 Å². The highest BCUT2D eigenvalue weighted by molar-refractivity contribution is 5.79. The second-order valence-corrected chi connectivity index (χ2v) is 6.06. The fraction of sp³-hybridized carbons (Fsp3) is 0.786. The highest BCUT2D eigenvalue weighted by atomic mass is 15.3. The van der Waals surface area contributed by atoms with Gasteiger partial charge < -0.3 is 15.2 Å². The number of nitrogens with zero attached hydrogens (tertiary/aromatic N) is 5. The molecule has 2 rings (SSSR count). The van der Waals surface area contributed by atoms with E-state index < -0.39 is 0 Å². The van der Waals surface area contributed by atoms with Gasteiger partial charge in [-0.25, -0.2) is 0 Å². The second-order valence-electron chi connectivity index (χ2n) is 6.06. The maximum Gasteiger partial charge on any atom is 0.191 e. The molecule has 1 aromatic rings. The molecular weight excluding hydrogens is 266 g/mol. The van der Waals surface area contributed by atoms with E-state index in [0.717, 1.165) is 24.9 Å². The maximum absolute atomic E-state index is 4.30. The molecule has 1 fully saturated rings. The summed E-state index contributed by atoms with van der Waals surface area (Å²) in [6.45, 7) is 9.59. The molecule has 21 heavy (non-hydrogen) atoms. The summed E-state index contributed by atoms with van der Waals surface area (Å²) in [5.74, 6) is 2.32. The van der Waals surface area contributed by atoms with Crippen molar-refractivity contribution in [2.75, 3.05) is 20.1 Å². The lowest BCUT2D eigenvalue weighted by Gasteiger charge is -2.21. The van der Waals surface area contributed by atoms with Crippen LogP contribution in [0.2, 0.25) is 0 Å². The number of rotatable bonds is 4. The summed E-state index contributed by atoms with van der Waals surface area (Å²) in [7, 11) is 3.73. The molecule has 0 amide bonds. The molecule has 0 radical (unpaired) electrons. The van der Waals surface area contributed by atoms with Crippen LogP contribution in [0, 0.1) is 5.92 Å². The summed E-state index contributed by atoms with van der Waals surface area (Å²) in [6.07, 6.45) is 1.70. The Labute approximate surface area is 126 Å². The number of guanidine groups is 1. The quantitative estimate of drug-likeness (QED) is 0.613. The lowest BCUT2D eigenvalue weighted by Crippen LogP contribution is -2.46. The van der Waals surface area contributed by atoms with Gasteiger partial charge in [-0.3, -0.25) is 9.89 Å². The fourth-order valence-corrected chi connectivity index (χ4v) is 2.61. The Morgan fingerprint density at radius 3 is 2.76 bits per heavy atom. The smallest absolute Gasteiger partial charge is 0.191 e. The van der Waals surface area contributed by atoms with Gasteiger partial charge in [0.05, 0.1) is 6.54 Å². The third-order valence-corrected chi connectivity index (χ3v) is 4.14. The standard InChI is InChI=1S/C14H27N7/c1-10(2)21-7-11(3)12(8-21)18-14(15-4)16-6-13-19-17-9-20(13)5/h9-12H,6-8H2,1-5H3,(H2,15,16,18). The number of hydrogen-bond donors (Lipinski definition) is 2. The van der Waals surface area contributed by atoms with Gasteiger partial charge in [0.15, 0.2) is 11.8 Å². The fourth-order valence-electron chi connectivity index (χ4n) is 2.61. The molecule has 2 N–H and O–H groups in total. The van der Waals surface area contributed by atoms with Crippen molar-refractivity contribution in [3.05, 3.63) is 12.2 Å². The zero-order valence-corrected chi connectivity index (χ0v) is 13.7. The minimum absolute atomic E-state index is 0.429. The number of nitrogens with one attached hydrogen (secondary N) is 2. The van der Waals surface area contributed by atoms with Crippen LogP contribution in [0.3, 0.4) is 0 Å². The molecule has 7 heteroatoms. The largest absolute Gasteiger partial charge is 0.352 e. The lowest BCUT2D eigenvalue weighted by atomic mass is 10.1. The van der Waals surface area contributed by atoms with Crippen LogP contribution >= 0.6 is 0 Å². The monoisotopic (exact) mass is 293 g/mol. The van der Waals surface area contributed by atoms with Crippen molar-refractivity contribution in [1.82, 2.24) is 30.3 Å². The molecule has 0 spiro atoms. The van der Waals surface area contributed by atoms with Crippen LogP contribution in [0.1, 0.15) is 26.6 Å². The van der Waals surface area contributed by atoms with Gasteiger partial charge in [-0.1, -0.05) is 6.92 Å². The summed E-state index contributed by atoms with van der Waals surface area (Å²) in [5, 5.41) is 14.8. The zero-order valence-electron chi connectivity index (χ0n) is 13.7. The van der Waals surface area contributed by atoms with Gasteiger partial charge in [0.2, 0.25) is 0 Å².